The summed E-state index contributed by atoms with van der Waals surface area (Å²) in [6.45, 7) is 1.84. The molecule has 0 aromatic heterocycles. The van der Waals surface area contributed by atoms with Crippen LogP contribution in [0.25, 0.3) is 0 Å². The van der Waals surface area contributed by atoms with Gasteiger partial charge in [-0.3, -0.25) is 0 Å². The van der Waals surface area contributed by atoms with Crippen molar-refractivity contribution in [3.8, 4) is 0 Å². The molecule has 0 aliphatic carbocycles. The quantitative estimate of drug-likeness (QED) is 0.341. The third kappa shape index (κ3) is 0.951. The predicted molar refractivity (Wildman–Crippen MR) is 35.9 cm³/mol. The first-order valence-corrected chi connectivity index (χ1v) is 3.54. The van der Waals surface area contributed by atoms with Crippen LogP contribution < -0.4 is 0 Å². The smallest absolute Gasteiger partial charge is 0.334 e. The van der Waals surface area contributed by atoms with E-state index in [9.17, 15) is 4.79 Å². The zero-order valence-corrected chi connectivity index (χ0v) is 6.09. The molecule has 0 spiro atoms. The number of hydrogen-bond donors (Lipinski definition) is 1. The average molecular weight is 150 g/mol. The normalized spacial score (nSPS) is 34.2. The molecule has 1 aliphatic rings. The zero-order chi connectivity index (χ0) is 6.20. The molecule has 1 rings (SSSR count). The van der Waals surface area contributed by atoms with Gasteiger partial charge in [0.1, 0.15) is 4.75 Å². The van der Waals surface area contributed by atoms with Crippen molar-refractivity contribution in [3.63, 3.8) is 0 Å². The van der Waals surface area contributed by atoms with Crippen LogP contribution in [0.3, 0.4) is 0 Å². The first-order chi connectivity index (χ1) is 3.69. The summed E-state index contributed by atoms with van der Waals surface area (Å²) < 4.78 is 3.95. The van der Waals surface area contributed by atoms with Gasteiger partial charge in [0.05, 0.1) is 0 Å². The topological polar surface area (TPSA) is 26.3 Å². The van der Waals surface area contributed by atoms with Crippen molar-refractivity contribution in [2.24, 2.45) is 0 Å². The molecule has 1 aliphatic heterocycles. The highest BCUT2D eigenvalue weighted by molar-refractivity contribution is 8.08. The second-order valence-corrected chi connectivity index (χ2v) is 3.56. The van der Waals surface area contributed by atoms with E-state index in [0.29, 0.717) is 0 Å². The Hall–Kier alpha value is 0.170. The molecule has 1 unspecified atom stereocenters. The maximum atomic E-state index is 10.6. The molecule has 0 bridgehead atoms. The molecule has 0 amide bonds. The van der Waals surface area contributed by atoms with E-state index in [1.807, 2.05) is 6.92 Å². The molecule has 0 aromatic carbocycles. The highest BCUT2D eigenvalue weighted by Crippen LogP contribution is 2.45. The van der Waals surface area contributed by atoms with Crippen molar-refractivity contribution >= 4 is 30.6 Å². The van der Waals surface area contributed by atoms with Crippen molar-refractivity contribution in [2.75, 3.05) is 5.75 Å². The summed E-state index contributed by atoms with van der Waals surface area (Å²) in [7, 11) is 0. The van der Waals surface area contributed by atoms with Gasteiger partial charge < -0.3 is 4.18 Å². The molecule has 4 heteroatoms. The summed E-state index contributed by atoms with van der Waals surface area (Å²) >= 11 is 4.97. The zero-order valence-electron chi connectivity index (χ0n) is 4.38. The lowest BCUT2D eigenvalue weighted by atomic mass is 10.2. The van der Waals surface area contributed by atoms with E-state index in [-0.39, 0.29) is 10.7 Å². The molecule has 8 heavy (non-hydrogen) atoms. The number of hydrogen-bond acceptors (Lipinski definition) is 4. The Balaban J connectivity index is 2.46. The first-order valence-electron chi connectivity index (χ1n) is 2.19. The number of carbonyl (C=O) groups is 1. The molecular formula is C4H6O2S2. The van der Waals surface area contributed by atoms with Gasteiger partial charge in [-0.2, -0.15) is 0 Å². The molecule has 2 nitrogen and oxygen atoms in total. The Morgan fingerprint density at radius 1 is 2.00 bits per heavy atom. The molecule has 46 valence electrons. The SMILES string of the molecule is CC1(C(=O)OS)CS1. The van der Waals surface area contributed by atoms with Gasteiger partial charge in [0.15, 0.2) is 0 Å². The van der Waals surface area contributed by atoms with E-state index >= 15 is 0 Å². The van der Waals surface area contributed by atoms with Crippen LogP contribution in [0.5, 0.6) is 0 Å². The number of carbonyl (C=O) groups excluding carboxylic acids is 1. The Bertz CT molecular complexity index is 119. The molecule has 1 fully saturated rings. The van der Waals surface area contributed by atoms with Gasteiger partial charge in [0, 0.05) is 18.7 Å². The van der Waals surface area contributed by atoms with Gasteiger partial charge in [-0.25, -0.2) is 4.79 Å². The van der Waals surface area contributed by atoms with Crippen LogP contribution in [-0.2, 0) is 8.98 Å². The largest absolute Gasteiger partial charge is 0.394 e. The number of rotatable bonds is 1. The number of thioether (sulfide) groups is 1. The third-order valence-corrected chi connectivity index (χ3v) is 2.58. The molecule has 1 heterocycles. The molecule has 1 atom stereocenters. The van der Waals surface area contributed by atoms with Gasteiger partial charge >= 0.3 is 5.97 Å². The standard InChI is InChI=1S/C4H6O2S2/c1-4(2-8-4)3(5)6-7/h7H,2H2,1H3. The summed E-state index contributed by atoms with van der Waals surface area (Å²) in [4.78, 5) is 10.6. The minimum atomic E-state index is -0.262. The monoisotopic (exact) mass is 150 g/mol. The van der Waals surface area contributed by atoms with Crippen LogP contribution >= 0.6 is 24.7 Å². The third-order valence-electron chi connectivity index (χ3n) is 1.09. The average Bonchev–Trinajstić information content (AvgIpc) is 2.47. The van der Waals surface area contributed by atoms with E-state index in [1.54, 1.807) is 11.8 Å². The fourth-order valence-corrected chi connectivity index (χ4v) is 1.08. The van der Waals surface area contributed by atoms with E-state index in [1.165, 1.54) is 0 Å². The maximum absolute atomic E-state index is 10.6. The van der Waals surface area contributed by atoms with Crippen LogP contribution in [0.2, 0.25) is 0 Å². The van der Waals surface area contributed by atoms with Crippen LogP contribution in [0.4, 0.5) is 0 Å². The van der Waals surface area contributed by atoms with E-state index in [2.05, 4.69) is 17.1 Å². The maximum Gasteiger partial charge on any atom is 0.334 e. The van der Waals surface area contributed by atoms with Crippen molar-refractivity contribution in [2.45, 2.75) is 11.7 Å². The van der Waals surface area contributed by atoms with E-state index in [4.69, 9.17) is 0 Å². The molecule has 0 saturated carbocycles. The summed E-state index contributed by atoms with van der Waals surface area (Å²) in [6, 6.07) is 0. The summed E-state index contributed by atoms with van der Waals surface area (Å²) in [5.41, 5.74) is 0. The van der Waals surface area contributed by atoms with Crippen LogP contribution in [-0.4, -0.2) is 16.5 Å². The Labute approximate surface area is 57.6 Å². The van der Waals surface area contributed by atoms with Crippen LogP contribution in [0.1, 0.15) is 6.92 Å². The Morgan fingerprint density at radius 2 is 2.50 bits per heavy atom. The van der Waals surface area contributed by atoms with Crippen molar-refractivity contribution in [1.82, 2.24) is 0 Å². The van der Waals surface area contributed by atoms with Gasteiger partial charge in [-0.05, 0) is 6.92 Å². The fraction of sp³-hybridized carbons (Fsp3) is 0.750. The summed E-state index contributed by atoms with van der Waals surface area (Å²) in [5, 5.41) is 0. The lowest BCUT2D eigenvalue weighted by Gasteiger charge is -1.98. The molecule has 0 aromatic rings. The summed E-state index contributed by atoms with van der Waals surface area (Å²) in [6.07, 6.45) is 0. The Kier molecular flexibility index (Phi) is 1.45. The second-order valence-electron chi connectivity index (χ2n) is 1.90. The minimum Gasteiger partial charge on any atom is -0.394 e. The number of thiol groups is 1. The van der Waals surface area contributed by atoms with E-state index in [0.717, 1.165) is 5.75 Å². The first kappa shape index (κ1) is 6.29. The second kappa shape index (κ2) is 1.84. The van der Waals surface area contributed by atoms with Crippen LogP contribution in [0.15, 0.2) is 0 Å². The van der Waals surface area contributed by atoms with Gasteiger partial charge in [-0.15, -0.1) is 11.8 Å². The minimum absolute atomic E-state index is 0.231. The molecular weight excluding hydrogens is 144 g/mol. The van der Waals surface area contributed by atoms with E-state index < -0.39 is 0 Å². The lowest BCUT2D eigenvalue weighted by molar-refractivity contribution is -0.133. The van der Waals surface area contributed by atoms with Gasteiger partial charge in [0.25, 0.3) is 0 Å². The predicted octanol–water partition coefficient (Wildman–Crippen LogP) is 0.880. The molecule has 0 N–H and O–H groups in total. The molecule has 1 saturated heterocycles. The lowest BCUT2D eigenvalue weighted by Crippen LogP contribution is -2.17. The van der Waals surface area contributed by atoms with Gasteiger partial charge in [0.2, 0.25) is 0 Å². The summed E-state index contributed by atoms with van der Waals surface area (Å²) in [5.74, 6) is 0.637. The van der Waals surface area contributed by atoms with Crippen LogP contribution in [0, 0.1) is 0 Å². The highest BCUT2D eigenvalue weighted by Gasteiger charge is 2.47. The highest BCUT2D eigenvalue weighted by atomic mass is 32.2. The molecule has 0 radical (unpaired) electrons. The fourth-order valence-electron chi connectivity index (χ4n) is 0.323. The Morgan fingerprint density at radius 3 is 2.62 bits per heavy atom. The van der Waals surface area contributed by atoms with Crippen molar-refractivity contribution < 1.29 is 8.98 Å². The van der Waals surface area contributed by atoms with Crippen molar-refractivity contribution in [1.29, 1.82) is 0 Å². The van der Waals surface area contributed by atoms with Gasteiger partial charge in [-0.1, -0.05) is 0 Å². The van der Waals surface area contributed by atoms with Crippen molar-refractivity contribution in [3.05, 3.63) is 0 Å².